The molecule has 0 spiro atoms. The summed E-state index contributed by atoms with van der Waals surface area (Å²) in [5.41, 5.74) is 7.52. The van der Waals surface area contributed by atoms with Crippen LogP contribution in [0.4, 0.5) is 5.95 Å². The van der Waals surface area contributed by atoms with Gasteiger partial charge in [-0.25, -0.2) is 13.4 Å². The monoisotopic (exact) mass is 311 g/mol. The number of nitrogen functional groups attached to an aromatic ring is 1. The molecule has 1 aromatic heterocycles. The lowest BCUT2D eigenvalue weighted by molar-refractivity contribution is 0.245. The van der Waals surface area contributed by atoms with E-state index in [-0.39, 0.29) is 11.9 Å². The zero-order chi connectivity index (χ0) is 15.6. The molecule has 0 saturated heterocycles. The van der Waals surface area contributed by atoms with E-state index >= 15 is 0 Å². The Morgan fingerprint density at radius 1 is 1.38 bits per heavy atom. The Morgan fingerprint density at radius 3 is 2.71 bits per heavy atom. The van der Waals surface area contributed by atoms with Crippen molar-refractivity contribution in [1.82, 2.24) is 9.55 Å². The van der Waals surface area contributed by atoms with Crippen molar-refractivity contribution < 1.29 is 13.2 Å². The first-order valence-electron chi connectivity index (χ1n) is 6.87. The van der Waals surface area contributed by atoms with Crippen LogP contribution in [0.25, 0.3) is 11.0 Å². The number of rotatable bonds is 6. The molecule has 1 aromatic carbocycles. The Labute approximate surface area is 124 Å². The van der Waals surface area contributed by atoms with Gasteiger partial charge in [-0.2, -0.15) is 0 Å². The normalized spacial score (nSPS) is 12.2. The van der Waals surface area contributed by atoms with Crippen LogP contribution in [0.5, 0.6) is 5.75 Å². The number of nitrogens with zero attached hydrogens (tertiary/aromatic N) is 2. The number of ether oxygens (including phenoxy) is 1. The Hall–Kier alpha value is -1.76. The van der Waals surface area contributed by atoms with E-state index < -0.39 is 9.84 Å². The Balaban J connectivity index is 2.30. The molecule has 0 bridgehead atoms. The van der Waals surface area contributed by atoms with Crippen molar-refractivity contribution in [1.29, 1.82) is 0 Å². The summed E-state index contributed by atoms with van der Waals surface area (Å²) in [6, 6.07) is 5.65. The van der Waals surface area contributed by atoms with Gasteiger partial charge < -0.3 is 15.0 Å². The number of hydrogen-bond acceptors (Lipinski definition) is 5. The lowest BCUT2D eigenvalue weighted by Gasteiger charge is -2.10. The molecule has 116 valence electrons. The Morgan fingerprint density at radius 2 is 2.10 bits per heavy atom. The third-order valence-electron chi connectivity index (χ3n) is 3.03. The standard InChI is InChI=1S/C14H21N3O3S/c1-10(2)20-12-7-4-6-11-13(12)16-14(15)17(11)8-5-9-21(3,18)19/h4,6-7,10H,5,8-9H2,1-3H3,(H2,15,16). The van der Waals surface area contributed by atoms with E-state index in [0.29, 0.717) is 30.2 Å². The van der Waals surface area contributed by atoms with Crippen LogP contribution in [-0.2, 0) is 16.4 Å². The van der Waals surface area contributed by atoms with Gasteiger partial charge in [0.2, 0.25) is 5.95 Å². The summed E-state index contributed by atoms with van der Waals surface area (Å²) < 4.78 is 30.0. The molecule has 6 nitrogen and oxygen atoms in total. The predicted molar refractivity (Wildman–Crippen MR) is 84.2 cm³/mol. The maximum Gasteiger partial charge on any atom is 0.201 e. The fourth-order valence-electron chi connectivity index (χ4n) is 2.21. The average molecular weight is 311 g/mol. The van der Waals surface area contributed by atoms with Crippen LogP contribution in [-0.4, -0.2) is 36.1 Å². The molecule has 7 heteroatoms. The molecular weight excluding hydrogens is 290 g/mol. The molecule has 0 aliphatic rings. The van der Waals surface area contributed by atoms with Gasteiger partial charge in [0.25, 0.3) is 0 Å². The number of sulfone groups is 1. The lowest BCUT2D eigenvalue weighted by Crippen LogP contribution is -2.09. The predicted octanol–water partition coefficient (Wildman–Crippen LogP) is 1.84. The van der Waals surface area contributed by atoms with Crippen molar-refractivity contribution in [2.45, 2.75) is 32.9 Å². The van der Waals surface area contributed by atoms with Crippen molar-refractivity contribution in [3.8, 4) is 5.75 Å². The molecule has 2 aromatic rings. The van der Waals surface area contributed by atoms with Crippen LogP contribution in [0, 0.1) is 0 Å². The summed E-state index contributed by atoms with van der Waals surface area (Å²) in [4.78, 5) is 4.35. The highest BCUT2D eigenvalue weighted by Crippen LogP contribution is 2.28. The number of benzene rings is 1. The van der Waals surface area contributed by atoms with Gasteiger partial charge in [0.05, 0.1) is 17.4 Å². The van der Waals surface area contributed by atoms with Crippen molar-refractivity contribution in [2.24, 2.45) is 0 Å². The van der Waals surface area contributed by atoms with E-state index in [1.807, 2.05) is 36.6 Å². The van der Waals surface area contributed by atoms with Crippen LogP contribution in [0.15, 0.2) is 18.2 Å². The summed E-state index contributed by atoms with van der Waals surface area (Å²) in [6.45, 7) is 4.41. The third kappa shape index (κ3) is 3.87. The quantitative estimate of drug-likeness (QED) is 0.879. The van der Waals surface area contributed by atoms with Gasteiger partial charge in [-0.1, -0.05) is 6.07 Å². The molecule has 1 heterocycles. The zero-order valence-electron chi connectivity index (χ0n) is 12.5. The number of aryl methyl sites for hydroxylation is 1. The lowest BCUT2D eigenvalue weighted by atomic mass is 10.3. The molecular formula is C14H21N3O3S. The fraction of sp³-hybridized carbons (Fsp3) is 0.500. The van der Waals surface area contributed by atoms with Crippen LogP contribution in [0.2, 0.25) is 0 Å². The van der Waals surface area contributed by atoms with Gasteiger partial charge in [-0.3, -0.25) is 0 Å². The average Bonchev–Trinajstić information content (AvgIpc) is 2.65. The molecule has 0 unspecified atom stereocenters. The van der Waals surface area contributed by atoms with Crippen molar-refractivity contribution >= 4 is 26.8 Å². The van der Waals surface area contributed by atoms with Gasteiger partial charge in [0.15, 0.2) is 0 Å². The van der Waals surface area contributed by atoms with Gasteiger partial charge in [0.1, 0.15) is 21.1 Å². The largest absolute Gasteiger partial charge is 0.489 e. The second-order valence-electron chi connectivity index (χ2n) is 5.40. The molecule has 0 atom stereocenters. The van der Waals surface area contributed by atoms with Gasteiger partial charge in [0, 0.05) is 12.8 Å². The molecule has 0 amide bonds. The smallest absolute Gasteiger partial charge is 0.201 e. The molecule has 0 aliphatic carbocycles. The zero-order valence-corrected chi connectivity index (χ0v) is 13.4. The Kier molecular flexibility index (Phi) is 4.41. The summed E-state index contributed by atoms with van der Waals surface area (Å²) in [7, 11) is -2.97. The fourth-order valence-corrected chi connectivity index (χ4v) is 2.86. The molecule has 2 N–H and O–H groups in total. The SMILES string of the molecule is CC(C)Oc1cccc2c1nc(N)n2CCCS(C)(=O)=O. The van der Waals surface area contributed by atoms with E-state index in [2.05, 4.69) is 4.98 Å². The van der Waals surface area contributed by atoms with Gasteiger partial charge >= 0.3 is 0 Å². The first-order valence-corrected chi connectivity index (χ1v) is 8.93. The van der Waals surface area contributed by atoms with Crippen LogP contribution < -0.4 is 10.5 Å². The number of nitrogens with two attached hydrogens (primary N) is 1. The molecule has 0 saturated carbocycles. The number of para-hydroxylation sites is 1. The highest BCUT2D eigenvalue weighted by Gasteiger charge is 2.13. The van der Waals surface area contributed by atoms with Gasteiger partial charge in [-0.15, -0.1) is 0 Å². The van der Waals surface area contributed by atoms with Gasteiger partial charge in [-0.05, 0) is 32.4 Å². The first kappa shape index (κ1) is 15.6. The number of fused-ring (bicyclic) bond motifs is 1. The van der Waals surface area contributed by atoms with Crippen LogP contribution in [0.3, 0.4) is 0 Å². The number of anilines is 1. The second-order valence-corrected chi connectivity index (χ2v) is 7.66. The van der Waals surface area contributed by atoms with E-state index in [9.17, 15) is 8.42 Å². The minimum Gasteiger partial charge on any atom is -0.489 e. The molecule has 0 fully saturated rings. The summed E-state index contributed by atoms with van der Waals surface area (Å²) in [5.74, 6) is 1.20. The molecule has 0 radical (unpaired) electrons. The highest BCUT2D eigenvalue weighted by atomic mass is 32.2. The second kappa shape index (κ2) is 5.93. The van der Waals surface area contributed by atoms with Crippen molar-refractivity contribution in [3.05, 3.63) is 18.2 Å². The van der Waals surface area contributed by atoms with Crippen LogP contribution in [0.1, 0.15) is 20.3 Å². The summed E-state index contributed by atoms with van der Waals surface area (Å²) in [6.07, 6.45) is 1.79. The van der Waals surface area contributed by atoms with Crippen LogP contribution >= 0.6 is 0 Å². The Bertz CT molecular complexity index is 735. The number of imidazole rings is 1. The minimum absolute atomic E-state index is 0.0483. The van der Waals surface area contributed by atoms with Crippen molar-refractivity contribution in [2.75, 3.05) is 17.7 Å². The highest BCUT2D eigenvalue weighted by molar-refractivity contribution is 7.90. The molecule has 21 heavy (non-hydrogen) atoms. The third-order valence-corrected chi connectivity index (χ3v) is 4.06. The minimum atomic E-state index is -2.97. The molecule has 0 aliphatic heterocycles. The van der Waals surface area contributed by atoms with E-state index in [4.69, 9.17) is 10.5 Å². The maximum atomic E-state index is 11.2. The molecule has 2 rings (SSSR count). The number of aromatic nitrogens is 2. The first-order chi connectivity index (χ1) is 9.78. The summed E-state index contributed by atoms with van der Waals surface area (Å²) >= 11 is 0. The van der Waals surface area contributed by atoms with E-state index in [1.165, 1.54) is 6.26 Å². The van der Waals surface area contributed by atoms with E-state index in [1.54, 1.807) is 0 Å². The topological polar surface area (TPSA) is 87.2 Å². The number of hydrogen-bond donors (Lipinski definition) is 1. The summed E-state index contributed by atoms with van der Waals surface area (Å²) in [5, 5.41) is 0. The van der Waals surface area contributed by atoms with Crippen molar-refractivity contribution in [3.63, 3.8) is 0 Å². The van der Waals surface area contributed by atoms with E-state index in [0.717, 1.165) is 5.52 Å². The maximum absolute atomic E-state index is 11.2.